The molecule has 46 heavy (non-hydrogen) atoms. The van der Waals surface area contributed by atoms with Gasteiger partial charge in [-0.15, -0.1) is 0 Å². The Kier molecular flexibility index (Phi) is 7.44. The molecule has 212 valence electrons. The van der Waals surface area contributed by atoms with Gasteiger partial charge in [-0.25, -0.2) is 0 Å². The van der Waals surface area contributed by atoms with Crippen LogP contribution in [0.2, 0.25) is 0 Å². The van der Waals surface area contributed by atoms with Gasteiger partial charge in [-0.05, 0) is 0 Å². The third kappa shape index (κ3) is 4.92. The van der Waals surface area contributed by atoms with E-state index in [1.165, 1.54) is 0 Å². The second kappa shape index (κ2) is 11.8. The molecule has 1 aliphatic heterocycles. The SMILES string of the molecule is [Na+].[O-]c1ccc2cccc(-c3cccc4ccc([O][Ga]5[O]c6ccc7ccccc7c6-c6c(ccc7ccccc67)[O]5)cc34)c2c1. The van der Waals surface area contributed by atoms with Crippen LogP contribution in [0.5, 0.6) is 23.0 Å². The zero-order valence-electron chi connectivity index (χ0n) is 25.1. The van der Waals surface area contributed by atoms with Crippen LogP contribution in [0.1, 0.15) is 0 Å². The van der Waals surface area contributed by atoms with E-state index in [1.54, 1.807) is 12.1 Å². The fourth-order valence-corrected chi connectivity index (χ4v) is 9.42. The van der Waals surface area contributed by atoms with Gasteiger partial charge in [0.15, 0.2) is 0 Å². The molecule has 4 nitrogen and oxygen atoms in total. The van der Waals surface area contributed by atoms with E-state index >= 15 is 0 Å². The predicted molar refractivity (Wildman–Crippen MR) is 181 cm³/mol. The molecule has 0 amide bonds. The Hall–Kier alpha value is -4.36. The molecule has 0 N–H and O–H groups in total. The maximum absolute atomic E-state index is 12.3. The van der Waals surface area contributed by atoms with Gasteiger partial charge >= 0.3 is 296 Å². The Morgan fingerprint density at radius 2 is 0.935 bits per heavy atom. The molecule has 0 aromatic heterocycles. The van der Waals surface area contributed by atoms with Crippen LogP contribution >= 0.6 is 0 Å². The molecule has 1 aliphatic rings. The van der Waals surface area contributed by atoms with Crippen molar-refractivity contribution in [1.29, 1.82) is 0 Å². The minimum absolute atomic E-state index is 0. The van der Waals surface area contributed by atoms with Crippen molar-refractivity contribution >= 4 is 60.4 Å². The number of benzene rings is 8. The van der Waals surface area contributed by atoms with Crippen molar-refractivity contribution in [3.8, 4) is 45.3 Å². The summed E-state index contributed by atoms with van der Waals surface area (Å²) in [7, 11) is 0. The summed E-state index contributed by atoms with van der Waals surface area (Å²) in [4.78, 5) is 0. The van der Waals surface area contributed by atoms with Crippen LogP contribution < -0.4 is 45.3 Å². The Labute approximate surface area is 294 Å². The summed E-state index contributed by atoms with van der Waals surface area (Å²) in [5.74, 6) is 2.24. The third-order valence-electron chi connectivity index (χ3n) is 8.71. The molecule has 0 saturated heterocycles. The standard InChI is InChI=1S/2C20H14O2.Ga.Na/c21-15-9-7-13-3-1-5-17(19(13)11-15)18-6-2-4-14-8-10-16(22)12-20(14)18;21-17-11-9-13-5-1-3-7-15(13)19(17)20-16-8-4-2-6-14(16)10-12-18(20)22;;/h2*1-12,21-22H;;/q;;+3;+1/p-4. The third-order valence-corrected chi connectivity index (χ3v) is 11.6. The fourth-order valence-electron chi connectivity index (χ4n) is 6.65. The Morgan fingerprint density at radius 3 is 1.54 bits per heavy atom. The summed E-state index contributed by atoms with van der Waals surface area (Å²) < 4.78 is 20.1. The Bertz CT molecular complexity index is 2370. The van der Waals surface area contributed by atoms with Crippen LogP contribution in [0, 0.1) is 0 Å². The number of hydrogen-bond donors (Lipinski definition) is 0. The molecule has 9 rings (SSSR count). The molecule has 1 heterocycles. The summed E-state index contributed by atoms with van der Waals surface area (Å²) in [6.45, 7) is 0. The monoisotopic (exact) mass is 660 g/mol. The van der Waals surface area contributed by atoms with Crippen molar-refractivity contribution in [3.05, 3.63) is 146 Å². The molecular formula is C40H24GaNaO4. The second-order valence-corrected chi connectivity index (χ2v) is 14.0. The molecule has 8 aromatic rings. The zero-order chi connectivity index (χ0) is 29.9. The van der Waals surface area contributed by atoms with Gasteiger partial charge in [0.2, 0.25) is 0 Å². The van der Waals surface area contributed by atoms with E-state index in [4.69, 9.17) is 10.6 Å². The molecule has 8 aromatic carbocycles. The van der Waals surface area contributed by atoms with Gasteiger partial charge in [0, 0.05) is 0 Å². The summed E-state index contributed by atoms with van der Waals surface area (Å²) in [6, 6.07) is 48.8. The first kappa shape index (κ1) is 29.1. The van der Waals surface area contributed by atoms with E-state index in [0.29, 0.717) is 5.75 Å². The Morgan fingerprint density at radius 1 is 0.457 bits per heavy atom. The summed E-state index contributed by atoms with van der Waals surface area (Å²) in [6.07, 6.45) is 0. The van der Waals surface area contributed by atoms with Crippen LogP contribution in [0.25, 0.3) is 65.3 Å². The summed E-state index contributed by atoms with van der Waals surface area (Å²) in [5.41, 5.74) is 4.12. The first-order valence-electron chi connectivity index (χ1n) is 15.0. The molecule has 0 atom stereocenters. The molecule has 0 unspecified atom stereocenters. The molecule has 6 heteroatoms. The van der Waals surface area contributed by atoms with Crippen molar-refractivity contribution in [3.63, 3.8) is 0 Å². The van der Waals surface area contributed by atoms with Gasteiger partial charge in [-0.3, -0.25) is 0 Å². The van der Waals surface area contributed by atoms with E-state index in [-0.39, 0.29) is 35.3 Å². The zero-order valence-corrected chi connectivity index (χ0v) is 29.5. The normalized spacial score (nSPS) is 12.1. The quantitative estimate of drug-likeness (QED) is 0.202. The number of fused-ring (bicyclic) bond motifs is 9. The topological polar surface area (TPSA) is 50.8 Å². The predicted octanol–water partition coefficient (Wildman–Crippen LogP) is 6.55. The van der Waals surface area contributed by atoms with Gasteiger partial charge in [0.1, 0.15) is 0 Å². The first-order chi connectivity index (χ1) is 22.2. The average molecular weight is 661 g/mol. The molecule has 0 fully saturated rings. The van der Waals surface area contributed by atoms with Gasteiger partial charge in [0.05, 0.1) is 0 Å². The van der Waals surface area contributed by atoms with Crippen molar-refractivity contribution < 1.29 is 45.3 Å². The molecule has 0 saturated carbocycles. The van der Waals surface area contributed by atoms with Crippen molar-refractivity contribution in [2.24, 2.45) is 0 Å². The van der Waals surface area contributed by atoms with Crippen molar-refractivity contribution in [2.75, 3.05) is 0 Å². The van der Waals surface area contributed by atoms with Gasteiger partial charge in [0.25, 0.3) is 0 Å². The van der Waals surface area contributed by atoms with Gasteiger partial charge < -0.3 is 0 Å². The van der Waals surface area contributed by atoms with Gasteiger partial charge in [-0.2, -0.15) is 0 Å². The van der Waals surface area contributed by atoms with E-state index in [9.17, 15) is 5.11 Å². The van der Waals surface area contributed by atoms with E-state index in [0.717, 1.165) is 76.8 Å². The molecule has 0 radical (unpaired) electrons. The van der Waals surface area contributed by atoms with Crippen molar-refractivity contribution in [2.45, 2.75) is 0 Å². The summed E-state index contributed by atoms with van der Waals surface area (Å²) in [5, 5.41) is 20.9. The van der Waals surface area contributed by atoms with Crippen molar-refractivity contribution in [1.82, 2.24) is 0 Å². The average Bonchev–Trinajstić information content (AvgIpc) is 3.24. The molecule has 0 bridgehead atoms. The molecule has 0 aliphatic carbocycles. The van der Waals surface area contributed by atoms with Gasteiger partial charge in [-0.1, -0.05) is 0 Å². The fraction of sp³-hybridized carbons (Fsp3) is 0. The van der Waals surface area contributed by atoms with Crippen LogP contribution in [0.3, 0.4) is 0 Å². The van der Waals surface area contributed by atoms with Crippen LogP contribution in [0.15, 0.2) is 146 Å². The van der Waals surface area contributed by atoms with Crippen LogP contribution in [0.4, 0.5) is 0 Å². The van der Waals surface area contributed by atoms with Crippen LogP contribution in [-0.2, 0) is 0 Å². The van der Waals surface area contributed by atoms with E-state index < -0.39 is 17.3 Å². The Balaban J connectivity index is 0.00000312. The maximum atomic E-state index is 12.3. The van der Waals surface area contributed by atoms with E-state index in [2.05, 4.69) is 97.1 Å². The molecule has 0 spiro atoms. The first-order valence-corrected chi connectivity index (χ1v) is 17.9. The summed E-state index contributed by atoms with van der Waals surface area (Å²) >= 11 is -3.41. The number of hydrogen-bond acceptors (Lipinski definition) is 4. The molecular weight excluding hydrogens is 637 g/mol. The van der Waals surface area contributed by atoms with E-state index in [1.807, 2.05) is 36.4 Å². The minimum atomic E-state index is -3.41. The van der Waals surface area contributed by atoms with Crippen LogP contribution in [-0.4, -0.2) is 17.3 Å². The number of rotatable bonds is 3. The second-order valence-electron chi connectivity index (χ2n) is 11.3.